The Balaban J connectivity index is 2.92. The zero-order valence-electron chi connectivity index (χ0n) is 11.6. The molecule has 2 N–H and O–H groups in total. The van der Waals surface area contributed by atoms with Crippen molar-refractivity contribution in [3.63, 3.8) is 0 Å². The number of benzene rings is 1. The molecule has 20 heavy (non-hydrogen) atoms. The van der Waals surface area contributed by atoms with Gasteiger partial charge in [-0.25, -0.2) is 0 Å². The molecular formula is C13H18N2O5. The van der Waals surface area contributed by atoms with Crippen LogP contribution in [0.2, 0.25) is 0 Å². The number of carboxylic acids is 1. The lowest BCUT2D eigenvalue weighted by molar-refractivity contribution is -0.384. The highest BCUT2D eigenvalue weighted by Crippen LogP contribution is 2.29. The standard InChI is InChI=1S/C13H18N2O5/c1-8(2)10(13(16)17)7-14-11-5-4-9(20-3)6-12(11)15(18)19/h4-6,8,10,14H,7H2,1-3H3,(H,16,17). The van der Waals surface area contributed by atoms with Gasteiger partial charge in [0.15, 0.2) is 0 Å². The highest BCUT2D eigenvalue weighted by atomic mass is 16.6. The van der Waals surface area contributed by atoms with E-state index < -0.39 is 16.8 Å². The van der Waals surface area contributed by atoms with Crippen molar-refractivity contribution in [2.45, 2.75) is 13.8 Å². The Hall–Kier alpha value is -2.31. The van der Waals surface area contributed by atoms with Gasteiger partial charge in [0.05, 0.1) is 24.0 Å². The Morgan fingerprint density at radius 1 is 1.50 bits per heavy atom. The molecule has 1 atom stereocenters. The van der Waals surface area contributed by atoms with Crippen LogP contribution in [0.4, 0.5) is 11.4 Å². The maximum absolute atomic E-state index is 11.1. The highest BCUT2D eigenvalue weighted by molar-refractivity contribution is 5.72. The summed E-state index contributed by atoms with van der Waals surface area (Å²) < 4.78 is 4.94. The Bertz CT molecular complexity index is 502. The number of methoxy groups -OCH3 is 1. The average Bonchev–Trinajstić information content (AvgIpc) is 2.38. The van der Waals surface area contributed by atoms with Crippen LogP contribution in [0, 0.1) is 22.0 Å². The number of rotatable bonds is 7. The molecule has 1 unspecified atom stereocenters. The first-order chi connectivity index (χ1) is 9.36. The van der Waals surface area contributed by atoms with Gasteiger partial charge in [-0.2, -0.15) is 0 Å². The van der Waals surface area contributed by atoms with E-state index in [4.69, 9.17) is 9.84 Å². The Kier molecular flexibility index (Phi) is 5.31. The van der Waals surface area contributed by atoms with Crippen molar-refractivity contribution in [2.24, 2.45) is 11.8 Å². The number of nitro benzene ring substituents is 1. The van der Waals surface area contributed by atoms with Crippen molar-refractivity contribution in [1.82, 2.24) is 0 Å². The maximum atomic E-state index is 11.1. The summed E-state index contributed by atoms with van der Waals surface area (Å²) in [5, 5.41) is 22.9. The summed E-state index contributed by atoms with van der Waals surface area (Å²) in [7, 11) is 1.42. The topological polar surface area (TPSA) is 102 Å². The first-order valence-electron chi connectivity index (χ1n) is 6.16. The molecule has 0 radical (unpaired) electrons. The van der Waals surface area contributed by atoms with Gasteiger partial charge in [-0.05, 0) is 18.1 Å². The van der Waals surface area contributed by atoms with Crippen LogP contribution in [-0.2, 0) is 4.79 Å². The number of carboxylic acid groups (broad SMARTS) is 1. The predicted molar refractivity (Wildman–Crippen MR) is 74.1 cm³/mol. The number of hydrogen-bond acceptors (Lipinski definition) is 5. The minimum Gasteiger partial charge on any atom is -0.496 e. The van der Waals surface area contributed by atoms with E-state index in [1.165, 1.54) is 19.2 Å². The molecule has 0 heterocycles. The molecule has 0 aliphatic heterocycles. The third-order valence-corrected chi connectivity index (χ3v) is 3.04. The second-order valence-electron chi connectivity index (χ2n) is 4.71. The van der Waals surface area contributed by atoms with Gasteiger partial charge < -0.3 is 15.2 Å². The number of aliphatic carboxylic acids is 1. The number of carbonyl (C=O) groups is 1. The smallest absolute Gasteiger partial charge is 0.308 e. The van der Waals surface area contributed by atoms with Crippen LogP contribution in [0.1, 0.15) is 13.8 Å². The van der Waals surface area contributed by atoms with Crippen molar-refractivity contribution in [1.29, 1.82) is 0 Å². The van der Waals surface area contributed by atoms with Crippen LogP contribution in [0.25, 0.3) is 0 Å². The van der Waals surface area contributed by atoms with Crippen molar-refractivity contribution < 1.29 is 19.6 Å². The normalized spacial score (nSPS) is 12.0. The quantitative estimate of drug-likeness (QED) is 0.588. The molecule has 110 valence electrons. The Morgan fingerprint density at radius 3 is 2.60 bits per heavy atom. The van der Waals surface area contributed by atoms with Gasteiger partial charge in [0, 0.05) is 6.54 Å². The maximum Gasteiger partial charge on any atom is 0.308 e. The van der Waals surface area contributed by atoms with Crippen molar-refractivity contribution >= 4 is 17.3 Å². The molecular weight excluding hydrogens is 264 g/mol. The Labute approximate surface area is 116 Å². The van der Waals surface area contributed by atoms with Gasteiger partial charge in [0.1, 0.15) is 11.4 Å². The second kappa shape index (κ2) is 6.74. The van der Waals surface area contributed by atoms with E-state index in [2.05, 4.69) is 5.32 Å². The highest BCUT2D eigenvalue weighted by Gasteiger charge is 2.23. The molecule has 0 amide bonds. The molecule has 0 aromatic heterocycles. The fourth-order valence-electron chi connectivity index (χ4n) is 1.77. The van der Waals surface area contributed by atoms with E-state index in [-0.39, 0.29) is 23.8 Å². The van der Waals surface area contributed by atoms with Gasteiger partial charge in [-0.3, -0.25) is 14.9 Å². The molecule has 0 spiro atoms. The van der Waals surface area contributed by atoms with Gasteiger partial charge in [0.25, 0.3) is 5.69 Å². The molecule has 0 saturated heterocycles. The van der Waals surface area contributed by atoms with E-state index in [0.29, 0.717) is 5.75 Å². The lowest BCUT2D eigenvalue weighted by atomic mass is 9.96. The number of nitrogens with zero attached hydrogens (tertiary/aromatic N) is 1. The third-order valence-electron chi connectivity index (χ3n) is 3.04. The molecule has 0 bridgehead atoms. The number of anilines is 1. The molecule has 0 aliphatic carbocycles. The van der Waals surface area contributed by atoms with Crippen LogP contribution in [0.3, 0.4) is 0 Å². The first-order valence-corrected chi connectivity index (χ1v) is 6.16. The lowest BCUT2D eigenvalue weighted by Crippen LogP contribution is -2.27. The monoisotopic (exact) mass is 282 g/mol. The third kappa shape index (κ3) is 3.84. The fraction of sp³-hybridized carbons (Fsp3) is 0.462. The predicted octanol–water partition coefficient (Wildman–Crippen LogP) is 2.37. The van der Waals surface area contributed by atoms with Gasteiger partial charge >= 0.3 is 5.97 Å². The summed E-state index contributed by atoms with van der Waals surface area (Å²) in [6.07, 6.45) is 0. The minimum absolute atomic E-state index is 0.0719. The first kappa shape index (κ1) is 15.7. The summed E-state index contributed by atoms with van der Waals surface area (Å²) in [6.45, 7) is 3.71. The zero-order valence-corrected chi connectivity index (χ0v) is 11.6. The molecule has 1 aromatic carbocycles. The Morgan fingerprint density at radius 2 is 2.15 bits per heavy atom. The van der Waals surface area contributed by atoms with Crippen LogP contribution in [-0.4, -0.2) is 29.7 Å². The van der Waals surface area contributed by atoms with Crippen LogP contribution in [0.15, 0.2) is 18.2 Å². The molecule has 7 nitrogen and oxygen atoms in total. The van der Waals surface area contributed by atoms with Gasteiger partial charge in [0.2, 0.25) is 0 Å². The van der Waals surface area contributed by atoms with Gasteiger partial charge in [-0.1, -0.05) is 13.8 Å². The number of nitrogens with one attached hydrogen (secondary N) is 1. The largest absolute Gasteiger partial charge is 0.496 e. The molecule has 0 fully saturated rings. The molecule has 0 saturated carbocycles. The van der Waals surface area contributed by atoms with Crippen LogP contribution < -0.4 is 10.1 Å². The fourth-order valence-corrected chi connectivity index (χ4v) is 1.77. The summed E-state index contributed by atoms with van der Waals surface area (Å²) in [5.74, 6) is -1.24. The summed E-state index contributed by atoms with van der Waals surface area (Å²) >= 11 is 0. The molecule has 7 heteroatoms. The SMILES string of the molecule is COc1ccc(NCC(C(=O)O)C(C)C)c([N+](=O)[O-])c1. The van der Waals surface area contributed by atoms with Crippen molar-refractivity contribution in [2.75, 3.05) is 19.0 Å². The molecule has 0 aliphatic rings. The van der Waals surface area contributed by atoms with E-state index >= 15 is 0 Å². The lowest BCUT2D eigenvalue weighted by Gasteiger charge is -2.17. The molecule has 1 rings (SSSR count). The number of hydrogen-bond donors (Lipinski definition) is 2. The van der Waals surface area contributed by atoms with E-state index in [1.807, 2.05) is 0 Å². The number of ether oxygens (including phenoxy) is 1. The van der Waals surface area contributed by atoms with Crippen molar-refractivity contribution in [3.8, 4) is 5.75 Å². The second-order valence-corrected chi connectivity index (χ2v) is 4.71. The van der Waals surface area contributed by atoms with E-state index in [1.54, 1.807) is 19.9 Å². The summed E-state index contributed by atoms with van der Waals surface area (Å²) in [6, 6.07) is 4.39. The van der Waals surface area contributed by atoms with Crippen LogP contribution in [0.5, 0.6) is 5.75 Å². The minimum atomic E-state index is -0.927. The summed E-state index contributed by atoms with van der Waals surface area (Å²) in [4.78, 5) is 21.6. The van der Waals surface area contributed by atoms with Crippen LogP contribution >= 0.6 is 0 Å². The zero-order chi connectivity index (χ0) is 15.3. The summed E-state index contributed by atoms with van der Waals surface area (Å²) in [5.41, 5.74) is 0.139. The van der Waals surface area contributed by atoms with E-state index in [0.717, 1.165) is 0 Å². The van der Waals surface area contributed by atoms with E-state index in [9.17, 15) is 14.9 Å². The molecule has 1 aromatic rings. The average molecular weight is 282 g/mol. The number of nitro groups is 1. The van der Waals surface area contributed by atoms with Crippen molar-refractivity contribution in [3.05, 3.63) is 28.3 Å². The van der Waals surface area contributed by atoms with Gasteiger partial charge in [-0.15, -0.1) is 0 Å².